The first-order valence-corrected chi connectivity index (χ1v) is 5.94. The first-order valence-electron chi connectivity index (χ1n) is 5.94. The monoisotopic (exact) mass is 250 g/mol. The molecule has 0 fully saturated rings. The highest BCUT2D eigenvalue weighted by atomic mass is 19.1. The highest BCUT2D eigenvalue weighted by Gasteiger charge is 2.10. The van der Waals surface area contributed by atoms with Crippen molar-refractivity contribution in [2.24, 2.45) is 0 Å². The van der Waals surface area contributed by atoms with E-state index in [1.807, 2.05) is 13.8 Å². The van der Waals surface area contributed by atoms with Crippen LogP contribution in [0, 0.1) is 5.82 Å². The Labute approximate surface area is 107 Å². The molecular weight excluding hydrogens is 231 g/mol. The van der Waals surface area contributed by atoms with Gasteiger partial charge in [-0.2, -0.15) is 0 Å². The van der Waals surface area contributed by atoms with Crippen LogP contribution in [0.5, 0.6) is 0 Å². The Hall–Kier alpha value is -1.84. The Morgan fingerprint density at radius 3 is 2.50 bits per heavy atom. The maximum Gasteiger partial charge on any atom is 0.242 e. The van der Waals surface area contributed by atoms with Crippen LogP contribution in [0.4, 0.5) is 10.1 Å². The molecule has 0 heterocycles. The molecule has 1 rings (SSSR count). The van der Waals surface area contributed by atoms with Gasteiger partial charge < -0.3 is 10.2 Å². The van der Waals surface area contributed by atoms with Gasteiger partial charge in [-0.15, -0.1) is 0 Å². The molecule has 1 aromatic carbocycles. The smallest absolute Gasteiger partial charge is 0.242 e. The van der Waals surface area contributed by atoms with Crippen molar-refractivity contribution in [3.05, 3.63) is 42.2 Å². The molecule has 0 aliphatic carbocycles. The summed E-state index contributed by atoms with van der Waals surface area (Å²) in [6, 6.07) is 5.94. The number of amides is 1. The molecule has 1 aromatic rings. The van der Waals surface area contributed by atoms with Crippen molar-refractivity contribution in [3.8, 4) is 0 Å². The fourth-order valence-corrected chi connectivity index (χ4v) is 1.56. The van der Waals surface area contributed by atoms with Gasteiger partial charge in [0.25, 0.3) is 0 Å². The molecule has 0 spiro atoms. The minimum atomic E-state index is -0.288. The van der Waals surface area contributed by atoms with E-state index in [0.717, 1.165) is 11.3 Å². The van der Waals surface area contributed by atoms with Crippen molar-refractivity contribution in [2.45, 2.75) is 13.8 Å². The molecule has 0 radical (unpaired) electrons. The average molecular weight is 250 g/mol. The van der Waals surface area contributed by atoms with E-state index in [9.17, 15) is 9.18 Å². The molecule has 3 nitrogen and oxygen atoms in total. The van der Waals surface area contributed by atoms with Crippen LogP contribution in [0.15, 0.2) is 36.4 Å². The van der Waals surface area contributed by atoms with E-state index in [1.165, 1.54) is 12.1 Å². The third kappa shape index (κ3) is 4.57. The summed E-state index contributed by atoms with van der Waals surface area (Å²) in [6.07, 6.45) is 0. The lowest BCUT2D eigenvalue weighted by molar-refractivity contribution is -0.128. The van der Waals surface area contributed by atoms with Gasteiger partial charge in [0.2, 0.25) is 5.91 Å². The van der Waals surface area contributed by atoms with Crippen LogP contribution in [-0.4, -0.2) is 30.4 Å². The number of rotatable bonds is 6. The quantitative estimate of drug-likeness (QED) is 0.787. The number of carbonyl (C=O) groups is 1. The molecule has 0 unspecified atom stereocenters. The normalized spacial score (nSPS) is 9.94. The second kappa shape index (κ2) is 6.79. The van der Waals surface area contributed by atoms with Crippen molar-refractivity contribution in [1.29, 1.82) is 0 Å². The summed E-state index contributed by atoms with van der Waals surface area (Å²) in [5, 5.41) is 2.97. The molecule has 0 saturated heterocycles. The summed E-state index contributed by atoms with van der Waals surface area (Å²) >= 11 is 0. The number of nitrogens with zero attached hydrogens (tertiary/aromatic N) is 1. The number of halogens is 1. The largest absolute Gasteiger partial charge is 0.376 e. The molecule has 0 aliphatic heterocycles. The van der Waals surface area contributed by atoms with Crippen LogP contribution in [-0.2, 0) is 4.79 Å². The standard InChI is InChI=1S/C14H19FN2O/c1-4-17(10-11(2)3)14(18)9-16-13-7-5-12(15)6-8-13/h5-8,16H,2,4,9-10H2,1,3H3. The fourth-order valence-electron chi connectivity index (χ4n) is 1.56. The summed E-state index contributed by atoms with van der Waals surface area (Å²) in [6.45, 7) is 9.04. The Morgan fingerprint density at radius 2 is 2.00 bits per heavy atom. The minimum Gasteiger partial charge on any atom is -0.376 e. The van der Waals surface area contributed by atoms with Crippen LogP contribution >= 0.6 is 0 Å². The maximum atomic E-state index is 12.7. The lowest BCUT2D eigenvalue weighted by Crippen LogP contribution is -2.36. The molecule has 1 N–H and O–H groups in total. The first-order chi connectivity index (χ1) is 8.52. The average Bonchev–Trinajstić information content (AvgIpc) is 2.34. The van der Waals surface area contributed by atoms with Crippen molar-refractivity contribution < 1.29 is 9.18 Å². The van der Waals surface area contributed by atoms with E-state index in [-0.39, 0.29) is 18.3 Å². The lowest BCUT2D eigenvalue weighted by atomic mass is 10.3. The van der Waals surface area contributed by atoms with Crippen LogP contribution in [0.3, 0.4) is 0 Å². The number of benzene rings is 1. The highest BCUT2D eigenvalue weighted by molar-refractivity contribution is 5.81. The van der Waals surface area contributed by atoms with Crippen LogP contribution < -0.4 is 5.32 Å². The zero-order valence-corrected chi connectivity index (χ0v) is 10.9. The van der Waals surface area contributed by atoms with Gasteiger partial charge in [0, 0.05) is 18.8 Å². The van der Waals surface area contributed by atoms with Gasteiger partial charge in [-0.25, -0.2) is 4.39 Å². The molecule has 1 amide bonds. The molecule has 18 heavy (non-hydrogen) atoms. The van der Waals surface area contributed by atoms with Crippen molar-refractivity contribution in [3.63, 3.8) is 0 Å². The van der Waals surface area contributed by atoms with E-state index in [1.54, 1.807) is 17.0 Å². The zero-order chi connectivity index (χ0) is 13.5. The summed E-state index contributed by atoms with van der Waals surface area (Å²) in [4.78, 5) is 13.6. The van der Waals surface area contributed by atoms with Crippen molar-refractivity contribution >= 4 is 11.6 Å². The molecule has 0 saturated carbocycles. The SMILES string of the molecule is C=C(C)CN(CC)C(=O)CNc1ccc(F)cc1. The Morgan fingerprint density at radius 1 is 1.39 bits per heavy atom. The number of carbonyl (C=O) groups excluding carboxylic acids is 1. The Bertz CT molecular complexity index is 414. The van der Waals surface area contributed by atoms with Gasteiger partial charge >= 0.3 is 0 Å². The lowest BCUT2D eigenvalue weighted by Gasteiger charge is -2.21. The van der Waals surface area contributed by atoms with Crippen LogP contribution in [0.25, 0.3) is 0 Å². The Balaban J connectivity index is 2.49. The third-order valence-electron chi connectivity index (χ3n) is 2.48. The van der Waals surface area contributed by atoms with E-state index in [4.69, 9.17) is 0 Å². The summed E-state index contributed by atoms with van der Waals surface area (Å²) in [5.41, 5.74) is 1.68. The second-order valence-corrected chi connectivity index (χ2v) is 4.23. The van der Waals surface area contributed by atoms with E-state index in [2.05, 4.69) is 11.9 Å². The number of anilines is 1. The van der Waals surface area contributed by atoms with E-state index < -0.39 is 0 Å². The second-order valence-electron chi connectivity index (χ2n) is 4.23. The van der Waals surface area contributed by atoms with E-state index in [0.29, 0.717) is 13.1 Å². The minimum absolute atomic E-state index is 0.00447. The molecule has 0 bridgehead atoms. The third-order valence-corrected chi connectivity index (χ3v) is 2.48. The van der Waals surface area contributed by atoms with Crippen molar-refractivity contribution in [2.75, 3.05) is 25.0 Å². The van der Waals surface area contributed by atoms with Crippen LogP contribution in [0.1, 0.15) is 13.8 Å². The summed E-state index contributed by atoms with van der Waals surface area (Å²) in [5.74, 6) is -0.283. The first kappa shape index (κ1) is 14.2. The predicted octanol–water partition coefficient (Wildman–Crippen LogP) is 2.66. The fraction of sp³-hybridized carbons (Fsp3) is 0.357. The van der Waals surface area contributed by atoms with Gasteiger partial charge in [-0.3, -0.25) is 4.79 Å². The maximum absolute atomic E-state index is 12.7. The molecule has 0 aromatic heterocycles. The van der Waals surface area contributed by atoms with Crippen LogP contribution in [0.2, 0.25) is 0 Å². The predicted molar refractivity (Wildman–Crippen MR) is 72.0 cm³/mol. The number of nitrogens with one attached hydrogen (secondary N) is 1. The summed E-state index contributed by atoms with van der Waals surface area (Å²) < 4.78 is 12.7. The Kier molecular flexibility index (Phi) is 5.36. The topological polar surface area (TPSA) is 32.3 Å². The van der Waals surface area contributed by atoms with Gasteiger partial charge in [-0.1, -0.05) is 12.2 Å². The van der Waals surface area contributed by atoms with Gasteiger partial charge in [0.15, 0.2) is 0 Å². The van der Waals surface area contributed by atoms with E-state index >= 15 is 0 Å². The molecule has 98 valence electrons. The number of hydrogen-bond donors (Lipinski definition) is 1. The highest BCUT2D eigenvalue weighted by Crippen LogP contribution is 2.08. The number of likely N-dealkylation sites (N-methyl/N-ethyl adjacent to an activating group) is 1. The molecular formula is C14H19FN2O. The zero-order valence-electron chi connectivity index (χ0n) is 10.9. The molecule has 0 atom stereocenters. The van der Waals surface area contributed by atoms with Gasteiger partial charge in [0.1, 0.15) is 5.82 Å². The van der Waals surface area contributed by atoms with Gasteiger partial charge in [0.05, 0.1) is 6.54 Å². The summed E-state index contributed by atoms with van der Waals surface area (Å²) in [7, 11) is 0. The number of hydrogen-bond acceptors (Lipinski definition) is 2. The van der Waals surface area contributed by atoms with Gasteiger partial charge in [-0.05, 0) is 38.1 Å². The van der Waals surface area contributed by atoms with Crippen molar-refractivity contribution in [1.82, 2.24) is 4.90 Å². The molecule has 0 aliphatic rings. The molecule has 4 heteroatoms.